The van der Waals surface area contributed by atoms with Gasteiger partial charge in [-0.3, -0.25) is 0 Å². The lowest BCUT2D eigenvalue weighted by molar-refractivity contribution is -0.141. The minimum absolute atomic E-state index is 0.0365. The molecule has 5 nitrogen and oxygen atoms in total. The van der Waals surface area contributed by atoms with Crippen molar-refractivity contribution in [2.75, 3.05) is 13.2 Å². The summed E-state index contributed by atoms with van der Waals surface area (Å²) >= 11 is 0. The first-order valence-corrected chi connectivity index (χ1v) is 22.5. The molecule has 1 N–H and O–H groups in total. The van der Waals surface area contributed by atoms with Crippen LogP contribution in [0.4, 0.5) is 0 Å². The van der Waals surface area contributed by atoms with E-state index >= 15 is 0 Å². The Bertz CT molecular complexity index is 1620. The van der Waals surface area contributed by atoms with Crippen LogP contribution in [0.5, 0.6) is 11.5 Å². The van der Waals surface area contributed by atoms with Crippen molar-refractivity contribution >= 4 is 5.97 Å². The Labute approximate surface area is 349 Å². The van der Waals surface area contributed by atoms with Gasteiger partial charge in [0, 0.05) is 11.6 Å². The van der Waals surface area contributed by atoms with Crippen LogP contribution >= 0.6 is 0 Å². The maximum Gasteiger partial charge on any atom is 0.331 e. The van der Waals surface area contributed by atoms with Crippen molar-refractivity contribution in [1.29, 1.82) is 0 Å². The van der Waals surface area contributed by atoms with Crippen LogP contribution < -0.4 is 9.47 Å². The second kappa shape index (κ2) is 22.9. The van der Waals surface area contributed by atoms with Crippen molar-refractivity contribution < 1.29 is 24.1 Å². The van der Waals surface area contributed by atoms with Crippen molar-refractivity contribution in [3.63, 3.8) is 0 Å². The highest BCUT2D eigenvalue weighted by atomic mass is 16.5. The Kier molecular flexibility index (Phi) is 19.4. The van der Waals surface area contributed by atoms with Crippen LogP contribution in [0.2, 0.25) is 0 Å². The van der Waals surface area contributed by atoms with E-state index in [0.717, 1.165) is 76.4 Å². The zero-order valence-corrected chi connectivity index (χ0v) is 38.7. The van der Waals surface area contributed by atoms with E-state index in [4.69, 9.17) is 14.2 Å². The molecule has 0 saturated carbocycles. The van der Waals surface area contributed by atoms with E-state index in [1.54, 1.807) is 0 Å². The second-order valence-electron chi connectivity index (χ2n) is 19.4. The molecular weight excluding hydrogens is 705 g/mol. The first kappa shape index (κ1) is 48.3. The summed E-state index contributed by atoms with van der Waals surface area (Å²) in [4.78, 5) is 12.5. The smallest absolute Gasteiger partial charge is 0.331 e. The molecule has 0 spiro atoms. The SMILES string of the molecule is CC1=C(/C=C/C(C)=C/C=C/C(C)=C/C(=O)OCC(O)COc2c(C)c(C)c3c(c2C)CCC(C)(CCCC(C)CCCC(C)CCCC(C)C)O3)C(C)(C)CCC1. The van der Waals surface area contributed by atoms with Crippen LogP contribution in [0.15, 0.2) is 58.7 Å². The van der Waals surface area contributed by atoms with Gasteiger partial charge in [-0.25, -0.2) is 4.79 Å². The van der Waals surface area contributed by atoms with Gasteiger partial charge < -0.3 is 19.3 Å². The molecule has 320 valence electrons. The monoisotopic (exact) mass is 787 g/mol. The van der Waals surface area contributed by atoms with E-state index in [2.05, 4.69) is 95.2 Å². The van der Waals surface area contributed by atoms with Gasteiger partial charge in [0.15, 0.2) is 0 Å². The van der Waals surface area contributed by atoms with Gasteiger partial charge in [0.1, 0.15) is 36.4 Å². The zero-order chi connectivity index (χ0) is 42.3. The zero-order valence-electron chi connectivity index (χ0n) is 38.7. The fourth-order valence-electron chi connectivity index (χ4n) is 8.79. The second-order valence-corrected chi connectivity index (χ2v) is 19.4. The molecule has 1 aliphatic carbocycles. The van der Waals surface area contributed by atoms with Crippen LogP contribution in [0.25, 0.3) is 0 Å². The van der Waals surface area contributed by atoms with Crippen molar-refractivity contribution in [2.24, 2.45) is 23.2 Å². The Hall–Kier alpha value is -3.05. The van der Waals surface area contributed by atoms with E-state index < -0.39 is 12.1 Å². The van der Waals surface area contributed by atoms with Gasteiger partial charge >= 0.3 is 5.97 Å². The average molecular weight is 787 g/mol. The minimum Gasteiger partial charge on any atom is -0.490 e. The number of hydrogen-bond acceptors (Lipinski definition) is 5. The van der Waals surface area contributed by atoms with Gasteiger partial charge in [-0.05, 0) is 144 Å². The van der Waals surface area contributed by atoms with E-state index in [1.807, 2.05) is 25.2 Å². The van der Waals surface area contributed by atoms with Crippen molar-refractivity contribution in [2.45, 2.75) is 192 Å². The lowest BCUT2D eigenvalue weighted by atomic mass is 9.72. The minimum atomic E-state index is -0.946. The number of esters is 1. The Morgan fingerprint density at radius 1 is 0.807 bits per heavy atom. The Morgan fingerprint density at radius 3 is 2.11 bits per heavy atom. The third kappa shape index (κ3) is 15.9. The van der Waals surface area contributed by atoms with E-state index in [-0.39, 0.29) is 24.2 Å². The normalized spacial score (nSPS) is 20.5. The number of allylic oxidation sites excluding steroid dienone is 9. The fraction of sp³-hybridized carbons (Fsp3) is 0.673. The molecule has 4 atom stereocenters. The quantitative estimate of drug-likeness (QED) is 0.0720. The molecule has 2 aliphatic rings. The average Bonchev–Trinajstić information content (AvgIpc) is 3.12. The van der Waals surface area contributed by atoms with Gasteiger partial charge in [-0.2, -0.15) is 0 Å². The molecule has 5 heteroatoms. The number of carbonyl (C=O) groups is 1. The summed E-state index contributed by atoms with van der Waals surface area (Å²) in [5, 5.41) is 10.7. The summed E-state index contributed by atoms with van der Waals surface area (Å²) in [6, 6.07) is 0. The van der Waals surface area contributed by atoms with Crippen LogP contribution in [0.3, 0.4) is 0 Å². The van der Waals surface area contributed by atoms with E-state index in [1.165, 1.54) is 93.4 Å². The third-order valence-corrected chi connectivity index (χ3v) is 12.8. The lowest BCUT2D eigenvalue weighted by Gasteiger charge is -2.38. The van der Waals surface area contributed by atoms with E-state index in [0.29, 0.717) is 0 Å². The van der Waals surface area contributed by atoms with Gasteiger partial charge in [0.25, 0.3) is 0 Å². The maximum absolute atomic E-state index is 12.5. The molecule has 0 amide bonds. The van der Waals surface area contributed by atoms with Crippen molar-refractivity contribution in [3.05, 3.63) is 81.0 Å². The summed E-state index contributed by atoms with van der Waals surface area (Å²) in [5.41, 5.74) is 9.31. The number of carbonyl (C=O) groups excluding carboxylic acids is 1. The molecule has 0 bridgehead atoms. The highest BCUT2D eigenvalue weighted by molar-refractivity contribution is 5.83. The Morgan fingerprint density at radius 2 is 1.46 bits per heavy atom. The third-order valence-electron chi connectivity index (χ3n) is 12.8. The van der Waals surface area contributed by atoms with Crippen LogP contribution in [-0.4, -0.2) is 36.0 Å². The van der Waals surface area contributed by atoms with Gasteiger partial charge in [-0.15, -0.1) is 0 Å². The fourth-order valence-corrected chi connectivity index (χ4v) is 8.79. The van der Waals surface area contributed by atoms with Crippen LogP contribution in [0, 0.1) is 43.9 Å². The predicted octanol–water partition coefficient (Wildman–Crippen LogP) is 13.9. The number of rotatable bonds is 22. The molecule has 1 heterocycles. The predicted molar refractivity (Wildman–Crippen MR) is 241 cm³/mol. The summed E-state index contributed by atoms with van der Waals surface area (Å²) in [6.07, 6.45) is 28.1. The molecule has 1 aromatic rings. The molecule has 0 fully saturated rings. The number of hydrogen-bond donors (Lipinski definition) is 1. The summed E-state index contributed by atoms with van der Waals surface area (Å²) in [7, 11) is 0. The maximum atomic E-state index is 12.5. The molecule has 1 aromatic carbocycles. The molecular formula is C52H82O5. The highest BCUT2D eigenvalue weighted by Gasteiger charge is 2.35. The number of aliphatic hydroxyl groups excluding tert-OH is 1. The number of ether oxygens (including phenoxy) is 3. The first-order valence-electron chi connectivity index (χ1n) is 22.5. The number of benzene rings is 1. The number of aliphatic hydroxyl groups is 1. The van der Waals surface area contributed by atoms with Gasteiger partial charge in [0.2, 0.25) is 0 Å². The van der Waals surface area contributed by atoms with Crippen molar-refractivity contribution in [1.82, 2.24) is 0 Å². The van der Waals surface area contributed by atoms with E-state index in [9.17, 15) is 9.90 Å². The molecule has 1 aliphatic heterocycles. The summed E-state index contributed by atoms with van der Waals surface area (Å²) < 4.78 is 18.4. The molecule has 0 radical (unpaired) electrons. The molecule has 0 aromatic heterocycles. The van der Waals surface area contributed by atoms with Crippen molar-refractivity contribution in [3.8, 4) is 11.5 Å². The van der Waals surface area contributed by atoms with Gasteiger partial charge in [0.05, 0.1) is 0 Å². The molecule has 3 rings (SSSR count). The largest absolute Gasteiger partial charge is 0.490 e. The molecule has 4 unspecified atom stereocenters. The standard InChI is InChI=1S/C52H82O5/c1-36(2)19-14-20-37(3)21-15-22-38(4)25-17-31-52(13)32-29-46-44(10)49(42(8)43(9)50(46)57-52)56-35-45(53)34-55-48(54)33-40(6)24-16-23-39(5)27-28-47-41(7)26-18-30-51(47,11)12/h16,23-24,27-28,33,36-38,45,53H,14-15,17-22,25-26,29-32,34-35H2,1-13H3/b24-16+,28-27+,39-23+,40-33+. The molecule has 0 saturated heterocycles. The summed E-state index contributed by atoms with van der Waals surface area (Å²) in [6.45, 7) is 28.8. The number of fused-ring (bicyclic) bond motifs is 1. The van der Waals surface area contributed by atoms with Crippen LogP contribution in [-0.2, 0) is 16.0 Å². The topological polar surface area (TPSA) is 65.0 Å². The highest BCUT2D eigenvalue weighted by Crippen LogP contribution is 2.45. The Balaban J connectivity index is 1.44. The lowest BCUT2D eigenvalue weighted by Crippen LogP contribution is -2.37. The molecule has 57 heavy (non-hydrogen) atoms. The summed E-state index contributed by atoms with van der Waals surface area (Å²) in [5.74, 6) is 3.74. The first-order chi connectivity index (χ1) is 26.8. The van der Waals surface area contributed by atoms with Crippen LogP contribution in [0.1, 0.15) is 175 Å². The van der Waals surface area contributed by atoms with Gasteiger partial charge in [-0.1, -0.05) is 128 Å².